The van der Waals surface area contributed by atoms with Gasteiger partial charge in [0.25, 0.3) is 0 Å². The number of Topliss-reactive ketones (excluding diaryl/α,β-unsaturated/α-hetero) is 1. The van der Waals surface area contributed by atoms with Crippen molar-refractivity contribution in [1.82, 2.24) is 0 Å². The van der Waals surface area contributed by atoms with Crippen LogP contribution in [0.4, 0.5) is 0 Å². The molecule has 0 saturated heterocycles. The van der Waals surface area contributed by atoms with Crippen LogP contribution in [0.25, 0.3) is 0 Å². The minimum absolute atomic E-state index is 0.383. The molecule has 0 saturated carbocycles. The van der Waals surface area contributed by atoms with Crippen LogP contribution < -0.4 is 0 Å². The summed E-state index contributed by atoms with van der Waals surface area (Å²) in [4.78, 5) is 11.4. The van der Waals surface area contributed by atoms with Gasteiger partial charge >= 0.3 is 0 Å². The first kappa shape index (κ1) is 9.85. The Morgan fingerprint density at radius 3 is 3.08 bits per heavy atom. The molecule has 68 valence electrons. The Labute approximate surface area is 78.6 Å². The summed E-state index contributed by atoms with van der Waals surface area (Å²) in [7, 11) is 0. The molecule has 1 aliphatic rings. The van der Waals surface area contributed by atoms with Crippen molar-refractivity contribution in [2.75, 3.05) is 11.5 Å². The van der Waals surface area contributed by atoms with Crippen LogP contribution in [-0.2, 0) is 4.79 Å². The number of rotatable bonds is 5. The fraction of sp³-hybridized carbons (Fsp3) is 0.700. The molecule has 0 amide bonds. The smallest absolute Gasteiger partial charge is 0.159 e. The fourth-order valence-electron chi connectivity index (χ4n) is 1.39. The quantitative estimate of drug-likeness (QED) is 0.611. The van der Waals surface area contributed by atoms with E-state index in [0.29, 0.717) is 5.78 Å². The van der Waals surface area contributed by atoms with Gasteiger partial charge in [0.15, 0.2) is 5.78 Å². The predicted molar refractivity (Wildman–Crippen MR) is 54.6 cm³/mol. The first-order chi connectivity index (χ1) is 5.84. The lowest BCUT2D eigenvalue weighted by Crippen LogP contribution is -2.01. The Morgan fingerprint density at radius 2 is 2.50 bits per heavy atom. The molecule has 0 N–H and O–H groups in total. The average Bonchev–Trinajstić information content (AvgIpc) is 2.56. The summed E-state index contributed by atoms with van der Waals surface area (Å²) < 4.78 is 0. The molecule has 1 aliphatic carbocycles. The van der Waals surface area contributed by atoms with Crippen molar-refractivity contribution in [1.29, 1.82) is 0 Å². The van der Waals surface area contributed by atoms with Crippen LogP contribution in [0.3, 0.4) is 0 Å². The minimum atomic E-state index is 0.383. The van der Waals surface area contributed by atoms with Crippen molar-refractivity contribution in [2.45, 2.75) is 32.6 Å². The Kier molecular flexibility index (Phi) is 4.44. The van der Waals surface area contributed by atoms with Crippen molar-refractivity contribution >= 4 is 17.5 Å². The zero-order valence-electron chi connectivity index (χ0n) is 7.64. The maximum absolute atomic E-state index is 11.4. The predicted octanol–water partition coefficient (Wildman–Crippen LogP) is 2.81. The summed E-state index contributed by atoms with van der Waals surface area (Å²) in [6, 6.07) is 0. The maximum atomic E-state index is 11.4. The number of carbonyl (C=O) groups is 1. The summed E-state index contributed by atoms with van der Waals surface area (Å²) in [6.07, 6.45) is 6.17. The SMILES string of the molecule is CCSCCC(=O)C1=CCCC1. The highest BCUT2D eigenvalue weighted by atomic mass is 32.2. The third kappa shape index (κ3) is 3.02. The van der Waals surface area contributed by atoms with Gasteiger partial charge in [0.1, 0.15) is 0 Å². The lowest BCUT2D eigenvalue weighted by atomic mass is 10.1. The molecule has 0 radical (unpaired) electrons. The second-order valence-electron chi connectivity index (χ2n) is 2.99. The number of thioether (sulfide) groups is 1. The van der Waals surface area contributed by atoms with Crippen molar-refractivity contribution in [3.8, 4) is 0 Å². The molecular formula is C10H16OS. The summed E-state index contributed by atoms with van der Waals surface area (Å²) >= 11 is 1.85. The van der Waals surface area contributed by atoms with Crippen LogP contribution in [0.15, 0.2) is 11.6 Å². The van der Waals surface area contributed by atoms with E-state index in [1.54, 1.807) is 0 Å². The van der Waals surface area contributed by atoms with E-state index in [0.717, 1.165) is 36.3 Å². The number of hydrogen-bond acceptors (Lipinski definition) is 2. The van der Waals surface area contributed by atoms with Gasteiger partial charge in [-0.1, -0.05) is 13.0 Å². The molecule has 0 aliphatic heterocycles. The summed E-state index contributed by atoms with van der Waals surface area (Å²) in [5.41, 5.74) is 1.09. The van der Waals surface area contributed by atoms with Crippen LogP contribution in [0, 0.1) is 0 Å². The normalized spacial score (nSPS) is 16.2. The molecule has 0 fully saturated rings. The van der Waals surface area contributed by atoms with Crippen LogP contribution in [0.1, 0.15) is 32.6 Å². The van der Waals surface area contributed by atoms with E-state index in [-0.39, 0.29) is 0 Å². The van der Waals surface area contributed by atoms with Crippen molar-refractivity contribution in [3.63, 3.8) is 0 Å². The van der Waals surface area contributed by atoms with Gasteiger partial charge in [0.05, 0.1) is 0 Å². The third-order valence-corrected chi connectivity index (χ3v) is 2.98. The zero-order valence-corrected chi connectivity index (χ0v) is 8.45. The monoisotopic (exact) mass is 184 g/mol. The van der Waals surface area contributed by atoms with Gasteiger partial charge in [-0.3, -0.25) is 4.79 Å². The van der Waals surface area contributed by atoms with Crippen LogP contribution >= 0.6 is 11.8 Å². The molecule has 0 aromatic rings. The summed E-state index contributed by atoms with van der Waals surface area (Å²) in [5, 5.41) is 0. The third-order valence-electron chi connectivity index (χ3n) is 2.08. The second-order valence-corrected chi connectivity index (χ2v) is 4.39. The van der Waals surface area contributed by atoms with Crippen molar-refractivity contribution in [3.05, 3.63) is 11.6 Å². The molecule has 1 rings (SSSR count). The van der Waals surface area contributed by atoms with E-state index in [1.807, 2.05) is 11.8 Å². The van der Waals surface area contributed by atoms with Crippen molar-refractivity contribution in [2.24, 2.45) is 0 Å². The Morgan fingerprint density at radius 1 is 1.67 bits per heavy atom. The minimum Gasteiger partial charge on any atom is -0.295 e. The molecule has 0 aromatic carbocycles. The van der Waals surface area contributed by atoms with Gasteiger partial charge in [-0.25, -0.2) is 0 Å². The van der Waals surface area contributed by atoms with E-state index in [1.165, 1.54) is 6.42 Å². The average molecular weight is 184 g/mol. The molecular weight excluding hydrogens is 168 g/mol. The zero-order chi connectivity index (χ0) is 8.81. The van der Waals surface area contributed by atoms with E-state index < -0.39 is 0 Å². The summed E-state index contributed by atoms with van der Waals surface area (Å²) in [6.45, 7) is 2.13. The maximum Gasteiger partial charge on any atom is 0.159 e. The highest BCUT2D eigenvalue weighted by Crippen LogP contribution is 2.20. The molecule has 0 spiro atoms. The number of ketones is 1. The van der Waals surface area contributed by atoms with E-state index in [2.05, 4.69) is 13.0 Å². The second kappa shape index (κ2) is 5.41. The molecule has 1 nitrogen and oxygen atoms in total. The van der Waals surface area contributed by atoms with Gasteiger partial charge in [-0.2, -0.15) is 11.8 Å². The number of hydrogen-bond donors (Lipinski definition) is 0. The fourth-order valence-corrected chi connectivity index (χ4v) is 2.01. The van der Waals surface area contributed by atoms with Gasteiger partial charge in [-0.15, -0.1) is 0 Å². The van der Waals surface area contributed by atoms with Crippen LogP contribution in [0.2, 0.25) is 0 Å². The molecule has 0 bridgehead atoms. The molecule has 0 unspecified atom stereocenters. The van der Waals surface area contributed by atoms with Gasteiger partial charge in [0.2, 0.25) is 0 Å². The lowest BCUT2D eigenvalue weighted by molar-refractivity contribution is -0.115. The summed E-state index contributed by atoms with van der Waals surface area (Å²) in [5.74, 6) is 2.49. The standard InChI is InChI=1S/C10H16OS/c1-2-12-8-7-10(11)9-5-3-4-6-9/h5H,2-4,6-8H2,1H3. The largest absolute Gasteiger partial charge is 0.295 e. The van der Waals surface area contributed by atoms with Gasteiger partial charge in [-0.05, 0) is 30.6 Å². The number of carbonyl (C=O) groups excluding carboxylic acids is 1. The number of allylic oxidation sites excluding steroid dienone is 2. The molecule has 2 heteroatoms. The highest BCUT2D eigenvalue weighted by molar-refractivity contribution is 7.99. The van der Waals surface area contributed by atoms with Crippen LogP contribution in [-0.4, -0.2) is 17.3 Å². The van der Waals surface area contributed by atoms with Gasteiger partial charge < -0.3 is 0 Å². The topological polar surface area (TPSA) is 17.1 Å². The molecule has 0 atom stereocenters. The highest BCUT2D eigenvalue weighted by Gasteiger charge is 2.12. The molecule has 0 aromatic heterocycles. The van der Waals surface area contributed by atoms with E-state index in [4.69, 9.17) is 0 Å². The molecule has 12 heavy (non-hydrogen) atoms. The Balaban J connectivity index is 2.19. The van der Waals surface area contributed by atoms with Crippen molar-refractivity contribution < 1.29 is 4.79 Å². The van der Waals surface area contributed by atoms with Gasteiger partial charge in [0, 0.05) is 12.2 Å². The Bertz CT molecular complexity index is 184. The van der Waals surface area contributed by atoms with E-state index in [9.17, 15) is 4.79 Å². The first-order valence-corrected chi connectivity index (χ1v) is 5.80. The van der Waals surface area contributed by atoms with Crippen LogP contribution in [0.5, 0.6) is 0 Å². The Hall–Kier alpha value is -0.240. The lowest BCUT2D eigenvalue weighted by Gasteiger charge is -1.99. The molecule has 0 heterocycles. The van der Waals surface area contributed by atoms with E-state index >= 15 is 0 Å². The first-order valence-electron chi connectivity index (χ1n) is 4.64.